The first kappa shape index (κ1) is 14.6. The van der Waals surface area contributed by atoms with Gasteiger partial charge in [-0.2, -0.15) is 0 Å². The Morgan fingerprint density at radius 2 is 1.84 bits per heavy atom. The number of benzene rings is 2. The van der Waals surface area contributed by atoms with Crippen LogP contribution in [0.15, 0.2) is 40.9 Å². The summed E-state index contributed by atoms with van der Waals surface area (Å²) < 4.78 is 0.817. The fourth-order valence-corrected chi connectivity index (χ4v) is 2.81. The average Bonchev–Trinajstić information content (AvgIpc) is 2.33. The van der Waals surface area contributed by atoms with Crippen LogP contribution in [0.3, 0.4) is 0 Å². The minimum Gasteiger partial charge on any atom is -0.294 e. The Bertz CT molecular complexity index is 638. The predicted octanol–water partition coefficient (Wildman–Crippen LogP) is 5.49. The molecule has 0 aromatic heterocycles. The smallest absolute Gasteiger partial charge is 0.168 e. The molecule has 0 bridgehead atoms. The van der Waals surface area contributed by atoms with Crippen molar-refractivity contribution >= 4 is 44.9 Å². The molecule has 0 aliphatic carbocycles. The third kappa shape index (κ3) is 3.59. The molecule has 4 heteroatoms. The number of carbonyl (C=O) groups excluding carboxylic acids is 1. The molecule has 0 N–H and O–H groups in total. The zero-order chi connectivity index (χ0) is 14.0. The van der Waals surface area contributed by atoms with E-state index in [0.29, 0.717) is 22.0 Å². The molecule has 2 aromatic carbocycles. The maximum absolute atomic E-state index is 12.2. The van der Waals surface area contributed by atoms with E-state index < -0.39 is 0 Å². The Morgan fingerprint density at radius 3 is 2.47 bits per heavy atom. The SMILES string of the molecule is Cc1ccc(C(=O)Cc2ccc(Cl)c(Cl)c2)c(Br)c1. The van der Waals surface area contributed by atoms with Crippen molar-refractivity contribution < 1.29 is 4.79 Å². The van der Waals surface area contributed by atoms with Gasteiger partial charge in [-0.15, -0.1) is 0 Å². The van der Waals surface area contributed by atoms with Gasteiger partial charge in [0.15, 0.2) is 5.78 Å². The van der Waals surface area contributed by atoms with E-state index in [-0.39, 0.29) is 5.78 Å². The average molecular weight is 358 g/mol. The van der Waals surface area contributed by atoms with Gasteiger partial charge >= 0.3 is 0 Å². The summed E-state index contributed by atoms with van der Waals surface area (Å²) in [5, 5.41) is 0.962. The summed E-state index contributed by atoms with van der Waals surface area (Å²) in [4.78, 5) is 12.2. The highest BCUT2D eigenvalue weighted by molar-refractivity contribution is 9.10. The molecule has 0 spiro atoms. The molecule has 0 saturated carbocycles. The molecule has 2 rings (SSSR count). The van der Waals surface area contributed by atoms with Crippen molar-refractivity contribution in [2.24, 2.45) is 0 Å². The zero-order valence-electron chi connectivity index (χ0n) is 10.2. The van der Waals surface area contributed by atoms with E-state index in [1.54, 1.807) is 12.1 Å². The van der Waals surface area contributed by atoms with Crippen LogP contribution in [0.2, 0.25) is 10.0 Å². The van der Waals surface area contributed by atoms with Gasteiger partial charge in [0.2, 0.25) is 0 Å². The molecule has 0 unspecified atom stereocenters. The van der Waals surface area contributed by atoms with Gasteiger partial charge < -0.3 is 0 Å². The standard InChI is InChI=1S/C15H11BrCl2O/c1-9-2-4-11(12(16)6-9)15(19)8-10-3-5-13(17)14(18)7-10/h2-7H,8H2,1H3. The van der Waals surface area contributed by atoms with E-state index in [1.165, 1.54) is 0 Å². The van der Waals surface area contributed by atoms with Gasteiger partial charge in [-0.05, 0) is 42.3 Å². The van der Waals surface area contributed by atoms with Crippen LogP contribution in [0.25, 0.3) is 0 Å². The highest BCUT2D eigenvalue weighted by atomic mass is 79.9. The summed E-state index contributed by atoms with van der Waals surface area (Å²) in [6, 6.07) is 10.9. The lowest BCUT2D eigenvalue weighted by molar-refractivity contribution is 0.0992. The maximum Gasteiger partial charge on any atom is 0.168 e. The molecule has 2 aromatic rings. The quantitative estimate of drug-likeness (QED) is 0.664. The van der Waals surface area contributed by atoms with Gasteiger partial charge in [0.25, 0.3) is 0 Å². The van der Waals surface area contributed by atoms with Crippen LogP contribution in [0.4, 0.5) is 0 Å². The second-order valence-electron chi connectivity index (χ2n) is 4.33. The summed E-state index contributed by atoms with van der Waals surface area (Å²) >= 11 is 15.2. The molecule has 0 heterocycles. The van der Waals surface area contributed by atoms with Gasteiger partial charge in [0, 0.05) is 16.5 Å². The van der Waals surface area contributed by atoms with Crippen molar-refractivity contribution in [2.75, 3.05) is 0 Å². The number of halogens is 3. The largest absolute Gasteiger partial charge is 0.294 e. The number of Topliss-reactive ketones (excluding diaryl/α,β-unsaturated/α-hetero) is 1. The molecule has 0 radical (unpaired) electrons. The fourth-order valence-electron chi connectivity index (χ4n) is 1.78. The van der Waals surface area contributed by atoms with Crippen molar-refractivity contribution in [1.82, 2.24) is 0 Å². The molecule has 0 atom stereocenters. The van der Waals surface area contributed by atoms with Gasteiger partial charge in [0.05, 0.1) is 10.0 Å². The Hall–Kier alpha value is -0.830. The number of ketones is 1. The van der Waals surface area contributed by atoms with Crippen LogP contribution in [0, 0.1) is 6.92 Å². The molecule has 0 amide bonds. The Labute approximate surface area is 130 Å². The first-order chi connectivity index (χ1) is 8.97. The zero-order valence-corrected chi connectivity index (χ0v) is 13.3. The van der Waals surface area contributed by atoms with Crippen molar-refractivity contribution in [3.8, 4) is 0 Å². The van der Waals surface area contributed by atoms with Crippen molar-refractivity contribution in [3.63, 3.8) is 0 Å². The fraction of sp³-hybridized carbons (Fsp3) is 0.133. The van der Waals surface area contributed by atoms with Crippen molar-refractivity contribution in [3.05, 3.63) is 67.6 Å². The molecule has 0 aliphatic rings. The normalized spacial score (nSPS) is 10.5. The van der Waals surface area contributed by atoms with Crippen LogP contribution in [0.5, 0.6) is 0 Å². The molecular formula is C15H11BrCl2O. The van der Waals surface area contributed by atoms with Crippen LogP contribution >= 0.6 is 39.1 Å². The monoisotopic (exact) mass is 356 g/mol. The summed E-state index contributed by atoms with van der Waals surface area (Å²) in [6.07, 6.45) is 0.304. The minimum absolute atomic E-state index is 0.0465. The molecule has 1 nitrogen and oxygen atoms in total. The third-order valence-electron chi connectivity index (χ3n) is 2.77. The third-order valence-corrected chi connectivity index (χ3v) is 4.17. The summed E-state index contributed by atoms with van der Waals surface area (Å²) in [7, 11) is 0. The molecule has 0 saturated heterocycles. The summed E-state index contributed by atoms with van der Waals surface area (Å²) in [6.45, 7) is 1.98. The van der Waals surface area contributed by atoms with Crippen molar-refractivity contribution in [2.45, 2.75) is 13.3 Å². The molecule has 0 fully saturated rings. The van der Waals surface area contributed by atoms with E-state index in [0.717, 1.165) is 15.6 Å². The van der Waals surface area contributed by atoms with Crippen LogP contribution < -0.4 is 0 Å². The van der Waals surface area contributed by atoms with E-state index >= 15 is 0 Å². The number of hydrogen-bond donors (Lipinski definition) is 0. The highest BCUT2D eigenvalue weighted by Crippen LogP contribution is 2.24. The topological polar surface area (TPSA) is 17.1 Å². The number of aryl methyl sites for hydroxylation is 1. The number of rotatable bonds is 3. The predicted molar refractivity (Wildman–Crippen MR) is 83.4 cm³/mol. The Morgan fingerprint density at radius 1 is 1.11 bits per heavy atom. The highest BCUT2D eigenvalue weighted by Gasteiger charge is 2.11. The molecule has 98 valence electrons. The van der Waals surface area contributed by atoms with Gasteiger partial charge in [-0.3, -0.25) is 4.79 Å². The number of carbonyl (C=O) groups is 1. The molecule has 19 heavy (non-hydrogen) atoms. The van der Waals surface area contributed by atoms with E-state index in [9.17, 15) is 4.79 Å². The van der Waals surface area contributed by atoms with Crippen LogP contribution in [-0.2, 0) is 6.42 Å². The van der Waals surface area contributed by atoms with Crippen molar-refractivity contribution in [1.29, 1.82) is 0 Å². The van der Waals surface area contributed by atoms with E-state index in [2.05, 4.69) is 15.9 Å². The van der Waals surface area contributed by atoms with Gasteiger partial charge in [-0.25, -0.2) is 0 Å². The first-order valence-corrected chi connectivity index (χ1v) is 7.25. The molecule has 0 aliphatic heterocycles. The number of hydrogen-bond acceptors (Lipinski definition) is 1. The Kier molecular flexibility index (Phi) is 4.67. The molecular weight excluding hydrogens is 347 g/mol. The summed E-state index contributed by atoms with van der Waals surface area (Å²) in [5.74, 6) is 0.0465. The lowest BCUT2D eigenvalue weighted by Crippen LogP contribution is -2.04. The second kappa shape index (κ2) is 6.08. The van der Waals surface area contributed by atoms with E-state index in [4.69, 9.17) is 23.2 Å². The lowest BCUT2D eigenvalue weighted by atomic mass is 10.0. The Balaban J connectivity index is 2.23. The van der Waals surface area contributed by atoms with E-state index in [1.807, 2.05) is 31.2 Å². The first-order valence-electron chi connectivity index (χ1n) is 5.70. The summed E-state index contributed by atoms with van der Waals surface area (Å²) in [5.41, 5.74) is 2.64. The lowest BCUT2D eigenvalue weighted by Gasteiger charge is -2.06. The van der Waals surface area contributed by atoms with Gasteiger partial charge in [0.1, 0.15) is 0 Å². The van der Waals surface area contributed by atoms with Crippen LogP contribution in [0.1, 0.15) is 21.5 Å². The minimum atomic E-state index is 0.0465. The van der Waals surface area contributed by atoms with Crippen LogP contribution in [-0.4, -0.2) is 5.78 Å². The maximum atomic E-state index is 12.2. The van der Waals surface area contributed by atoms with Gasteiger partial charge in [-0.1, -0.05) is 51.3 Å². The second-order valence-corrected chi connectivity index (χ2v) is 6.00.